The minimum atomic E-state index is -2.50. The molecule has 0 unspecified atom stereocenters. The number of nitrogens with one attached hydrogen (secondary N) is 1. The Bertz CT molecular complexity index is 428. The number of para-hydroxylation sites is 1. The lowest BCUT2D eigenvalue weighted by Crippen LogP contribution is -2.09. The normalized spacial score (nSPS) is 10.2. The molecule has 17 heavy (non-hydrogen) atoms. The summed E-state index contributed by atoms with van der Waals surface area (Å²) in [5.74, 6) is -2.82. The molecule has 1 aromatic carbocycles. The van der Waals surface area contributed by atoms with Gasteiger partial charge in [0.05, 0.1) is 5.69 Å². The Kier molecular flexibility index (Phi) is 5.15. The van der Waals surface area contributed by atoms with Crippen LogP contribution in [0, 0.1) is 0 Å². The highest BCUT2D eigenvalue weighted by molar-refractivity contribution is 7.99. The number of carbonyl (C=O) groups is 1. The average Bonchev–Trinajstić information content (AvgIpc) is 2.18. The van der Waals surface area contributed by atoms with Gasteiger partial charge < -0.3 is 5.32 Å². The summed E-state index contributed by atoms with van der Waals surface area (Å²) >= 11 is 0.417. The second-order valence-electron chi connectivity index (χ2n) is 3.59. The summed E-state index contributed by atoms with van der Waals surface area (Å²) in [6.45, 7) is 3.58. The predicted octanol–water partition coefficient (Wildman–Crippen LogP) is 3.91. The number of anilines is 1. The second kappa shape index (κ2) is 6.39. The second-order valence-corrected chi connectivity index (χ2v) is 4.62. The summed E-state index contributed by atoms with van der Waals surface area (Å²) in [6.07, 6.45) is 1.42. The van der Waals surface area contributed by atoms with Gasteiger partial charge in [-0.2, -0.15) is 8.78 Å². The number of hydrogen-bond donors (Lipinski definition) is 1. The van der Waals surface area contributed by atoms with E-state index in [1.165, 1.54) is 6.08 Å². The Hall–Kier alpha value is -1.36. The van der Waals surface area contributed by atoms with Gasteiger partial charge in [0.15, 0.2) is 0 Å². The molecule has 1 N–H and O–H groups in total. The van der Waals surface area contributed by atoms with E-state index in [1.807, 2.05) is 0 Å². The molecule has 92 valence electrons. The van der Waals surface area contributed by atoms with Crippen LogP contribution in [0.3, 0.4) is 0 Å². The number of halogens is 2. The van der Waals surface area contributed by atoms with Gasteiger partial charge in [0.25, 0.3) is 5.76 Å². The van der Waals surface area contributed by atoms with Crippen molar-refractivity contribution in [3.05, 3.63) is 35.9 Å². The fraction of sp³-hybridized carbons (Fsp3) is 0.250. The first-order valence-corrected chi connectivity index (χ1v) is 5.86. The van der Waals surface area contributed by atoms with E-state index in [4.69, 9.17) is 0 Å². The molecule has 0 aliphatic rings. The fourth-order valence-corrected chi connectivity index (χ4v) is 1.79. The first-order valence-electron chi connectivity index (χ1n) is 4.99. The number of amides is 1. The molecule has 1 amide bonds. The number of benzene rings is 1. The number of allylic oxidation sites excluding steroid dienone is 1. The molecule has 0 heterocycles. The summed E-state index contributed by atoms with van der Waals surface area (Å²) in [7, 11) is 0. The van der Waals surface area contributed by atoms with E-state index in [9.17, 15) is 13.6 Å². The highest BCUT2D eigenvalue weighted by Gasteiger charge is 2.10. The molecule has 0 saturated carbocycles. The van der Waals surface area contributed by atoms with E-state index >= 15 is 0 Å². The Morgan fingerprint density at radius 2 is 2.00 bits per heavy atom. The maximum atomic E-state index is 12.3. The van der Waals surface area contributed by atoms with E-state index in [1.54, 1.807) is 38.1 Å². The minimum absolute atomic E-state index is 0.313. The topological polar surface area (TPSA) is 29.1 Å². The van der Waals surface area contributed by atoms with Gasteiger partial charge in [0, 0.05) is 11.0 Å². The Labute approximate surface area is 103 Å². The van der Waals surface area contributed by atoms with Crippen LogP contribution in [0.5, 0.6) is 0 Å². The molecule has 0 radical (unpaired) electrons. The number of carbonyl (C=O) groups excluding carboxylic acids is 1. The maximum Gasteiger partial charge on any atom is 0.288 e. The fourth-order valence-electron chi connectivity index (χ4n) is 1.20. The molecule has 0 aliphatic carbocycles. The van der Waals surface area contributed by atoms with Crippen molar-refractivity contribution >= 4 is 23.4 Å². The van der Waals surface area contributed by atoms with Crippen molar-refractivity contribution in [1.29, 1.82) is 0 Å². The minimum Gasteiger partial charge on any atom is -0.321 e. The lowest BCUT2D eigenvalue weighted by molar-refractivity contribution is -0.112. The molecule has 1 aromatic rings. The zero-order valence-corrected chi connectivity index (χ0v) is 10.4. The summed E-state index contributed by atoms with van der Waals surface area (Å²) in [6, 6.07) is 6.49. The molecule has 0 atom stereocenters. The summed E-state index contributed by atoms with van der Waals surface area (Å²) in [5, 5.41) is 2.58. The lowest BCUT2D eigenvalue weighted by atomic mass is 10.3. The molecule has 0 aromatic heterocycles. The quantitative estimate of drug-likeness (QED) is 0.654. The van der Waals surface area contributed by atoms with Gasteiger partial charge in [0.2, 0.25) is 5.91 Å². The van der Waals surface area contributed by atoms with Crippen LogP contribution in [0.2, 0.25) is 0 Å². The number of alkyl halides is 2. The number of thioether (sulfide) groups is 1. The lowest BCUT2D eigenvalue weighted by Gasteiger charge is -2.08. The van der Waals surface area contributed by atoms with Gasteiger partial charge in [0.1, 0.15) is 0 Å². The summed E-state index contributed by atoms with van der Waals surface area (Å²) < 4.78 is 24.6. The van der Waals surface area contributed by atoms with Gasteiger partial charge in [-0.1, -0.05) is 29.5 Å². The van der Waals surface area contributed by atoms with Gasteiger partial charge in [-0.3, -0.25) is 4.79 Å². The van der Waals surface area contributed by atoms with Crippen LogP contribution in [-0.2, 0) is 4.79 Å². The molecular formula is C12H13F2NOS. The molecular weight excluding hydrogens is 244 g/mol. The van der Waals surface area contributed by atoms with E-state index < -0.39 is 5.76 Å². The zero-order valence-electron chi connectivity index (χ0n) is 9.54. The average molecular weight is 257 g/mol. The van der Waals surface area contributed by atoms with E-state index in [-0.39, 0.29) is 5.91 Å². The third-order valence-corrected chi connectivity index (χ3v) is 2.57. The first-order chi connectivity index (χ1) is 7.99. The highest BCUT2D eigenvalue weighted by atomic mass is 32.2. The third-order valence-electron chi connectivity index (χ3n) is 1.78. The summed E-state index contributed by atoms with van der Waals surface area (Å²) in [5.41, 5.74) is 1.25. The van der Waals surface area contributed by atoms with Crippen LogP contribution in [0.25, 0.3) is 0 Å². The molecule has 5 heteroatoms. The van der Waals surface area contributed by atoms with E-state index in [2.05, 4.69) is 5.32 Å². The van der Waals surface area contributed by atoms with Crippen LogP contribution in [0.15, 0.2) is 40.8 Å². The van der Waals surface area contributed by atoms with Gasteiger partial charge in [-0.25, -0.2) is 0 Å². The van der Waals surface area contributed by atoms with Crippen molar-refractivity contribution in [2.45, 2.75) is 24.5 Å². The van der Waals surface area contributed by atoms with Crippen molar-refractivity contribution < 1.29 is 13.6 Å². The molecule has 0 spiro atoms. The Morgan fingerprint density at radius 3 is 2.59 bits per heavy atom. The van der Waals surface area contributed by atoms with Crippen LogP contribution < -0.4 is 5.32 Å². The largest absolute Gasteiger partial charge is 0.321 e. The molecule has 0 fully saturated rings. The van der Waals surface area contributed by atoms with Crippen LogP contribution in [-0.4, -0.2) is 11.7 Å². The van der Waals surface area contributed by atoms with E-state index in [0.717, 1.165) is 5.57 Å². The van der Waals surface area contributed by atoms with Gasteiger partial charge >= 0.3 is 0 Å². The monoisotopic (exact) mass is 257 g/mol. The van der Waals surface area contributed by atoms with Crippen molar-refractivity contribution in [2.24, 2.45) is 0 Å². The SMILES string of the molecule is CC(C)=CC(=O)Nc1ccccc1SC(F)F. The van der Waals surface area contributed by atoms with Gasteiger partial charge in [-0.05, 0) is 26.0 Å². The maximum absolute atomic E-state index is 12.3. The zero-order chi connectivity index (χ0) is 12.8. The summed E-state index contributed by atoms with van der Waals surface area (Å²) in [4.78, 5) is 11.8. The molecule has 2 nitrogen and oxygen atoms in total. The van der Waals surface area contributed by atoms with Crippen molar-refractivity contribution in [2.75, 3.05) is 5.32 Å². The first kappa shape index (κ1) is 13.7. The molecule has 0 bridgehead atoms. The standard InChI is InChI=1S/C12H13F2NOS/c1-8(2)7-11(16)15-9-5-3-4-6-10(9)17-12(13)14/h3-7,12H,1-2H3,(H,15,16). The van der Waals surface area contributed by atoms with Crippen LogP contribution in [0.4, 0.5) is 14.5 Å². The molecule has 0 saturated heterocycles. The number of rotatable bonds is 4. The van der Waals surface area contributed by atoms with Crippen LogP contribution >= 0.6 is 11.8 Å². The Balaban J connectivity index is 2.83. The highest BCUT2D eigenvalue weighted by Crippen LogP contribution is 2.31. The molecule has 0 aliphatic heterocycles. The molecule has 1 rings (SSSR count). The van der Waals surface area contributed by atoms with Crippen molar-refractivity contribution in [1.82, 2.24) is 0 Å². The number of hydrogen-bond acceptors (Lipinski definition) is 2. The van der Waals surface area contributed by atoms with Crippen molar-refractivity contribution in [3.8, 4) is 0 Å². The third kappa shape index (κ3) is 4.99. The smallest absolute Gasteiger partial charge is 0.288 e. The van der Waals surface area contributed by atoms with Crippen molar-refractivity contribution in [3.63, 3.8) is 0 Å². The van der Waals surface area contributed by atoms with E-state index in [0.29, 0.717) is 22.3 Å². The Morgan fingerprint density at radius 1 is 1.35 bits per heavy atom. The van der Waals surface area contributed by atoms with Crippen LogP contribution in [0.1, 0.15) is 13.8 Å². The predicted molar refractivity (Wildman–Crippen MR) is 66.4 cm³/mol. The van der Waals surface area contributed by atoms with Gasteiger partial charge in [-0.15, -0.1) is 0 Å².